The number of methoxy groups -OCH3 is 1. The van der Waals surface area contributed by atoms with Gasteiger partial charge in [0.2, 0.25) is 0 Å². The number of nitrogens with one attached hydrogen (secondary N) is 1. The maximum absolute atomic E-state index is 12.6. The van der Waals surface area contributed by atoms with Crippen molar-refractivity contribution in [3.05, 3.63) is 66.5 Å². The molecule has 132 valence electrons. The molecule has 1 aliphatic heterocycles. The van der Waals surface area contributed by atoms with Gasteiger partial charge in [-0.15, -0.1) is 0 Å². The Kier molecular flexibility index (Phi) is 4.31. The smallest absolute Gasteiger partial charge is 0.322 e. The Balaban J connectivity index is 1.56. The molecule has 0 saturated carbocycles. The number of nitrogens with zero attached hydrogens (tertiary/aromatic N) is 3. The summed E-state index contributed by atoms with van der Waals surface area (Å²) >= 11 is 0. The SMILES string of the molecule is COc1cccc(-c2cnn3c2CN(C(=O)Nc2ccccc2)CC3)c1. The first-order chi connectivity index (χ1) is 12.7. The molecule has 0 aliphatic carbocycles. The number of aromatic nitrogens is 2. The number of amides is 2. The van der Waals surface area contributed by atoms with E-state index in [0.717, 1.165) is 28.3 Å². The second kappa shape index (κ2) is 6.92. The van der Waals surface area contributed by atoms with Crippen LogP contribution in [0.3, 0.4) is 0 Å². The fourth-order valence-electron chi connectivity index (χ4n) is 3.17. The van der Waals surface area contributed by atoms with Gasteiger partial charge in [0, 0.05) is 17.8 Å². The van der Waals surface area contributed by atoms with Crippen LogP contribution in [0.15, 0.2) is 60.8 Å². The molecule has 6 heteroatoms. The highest BCUT2D eigenvalue weighted by Crippen LogP contribution is 2.29. The van der Waals surface area contributed by atoms with E-state index in [1.807, 2.05) is 70.4 Å². The zero-order valence-electron chi connectivity index (χ0n) is 14.6. The number of ether oxygens (including phenoxy) is 1. The maximum atomic E-state index is 12.6. The molecule has 2 aromatic carbocycles. The van der Waals surface area contributed by atoms with E-state index in [2.05, 4.69) is 10.4 Å². The van der Waals surface area contributed by atoms with Crippen molar-refractivity contribution in [1.82, 2.24) is 14.7 Å². The van der Waals surface area contributed by atoms with Crippen molar-refractivity contribution in [2.45, 2.75) is 13.1 Å². The van der Waals surface area contributed by atoms with Gasteiger partial charge in [-0.05, 0) is 29.8 Å². The predicted octanol–water partition coefficient (Wildman–Crippen LogP) is 3.61. The summed E-state index contributed by atoms with van der Waals surface area (Å²) in [7, 11) is 1.65. The number of rotatable bonds is 3. The third kappa shape index (κ3) is 3.13. The molecule has 1 aromatic heterocycles. The average molecular weight is 348 g/mol. The fraction of sp³-hybridized carbons (Fsp3) is 0.200. The Morgan fingerprint density at radius 1 is 1.12 bits per heavy atom. The summed E-state index contributed by atoms with van der Waals surface area (Å²) in [5.74, 6) is 0.803. The van der Waals surface area contributed by atoms with Gasteiger partial charge < -0.3 is 15.0 Å². The number of anilines is 1. The van der Waals surface area contributed by atoms with Crippen molar-refractivity contribution in [2.75, 3.05) is 19.0 Å². The van der Waals surface area contributed by atoms with Crippen LogP contribution in [-0.2, 0) is 13.1 Å². The molecule has 0 bridgehead atoms. The van der Waals surface area contributed by atoms with Gasteiger partial charge in [0.1, 0.15) is 5.75 Å². The number of para-hydroxylation sites is 1. The molecule has 0 spiro atoms. The lowest BCUT2D eigenvalue weighted by Crippen LogP contribution is -2.41. The van der Waals surface area contributed by atoms with Crippen LogP contribution in [0.5, 0.6) is 5.75 Å². The zero-order chi connectivity index (χ0) is 17.9. The van der Waals surface area contributed by atoms with Gasteiger partial charge in [0.15, 0.2) is 0 Å². The Hall–Kier alpha value is -3.28. The lowest BCUT2D eigenvalue weighted by atomic mass is 10.1. The topological polar surface area (TPSA) is 59.4 Å². The van der Waals surface area contributed by atoms with E-state index in [1.165, 1.54) is 0 Å². The average Bonchev–Trinajstić information content (AvgIpc) is 3.12. The lowest BCUT2D eigenvalue weighted by molar-refractivity contribution is 0.194. The lowest BCUT2D eigenvalue weighted by Gasteiger charge is -2.28. The molecular formula is C20H20N4O2. The molecule has 26 heavy (non-hydrogen) atoms. The Bertz CT molecular complexity index is 921. The molecule has 1 aliphatic rings. The molecule has 2 amide bonds. The quantitative estimate of drug-likeness (QED) is 0.787. The summed E-state index contributed by atoms with van der Waals surface area (Å²) in [6, 6.07) is 17.3. The number of hydrogen-bond donors (Lipinski definition) is 1. The predicted molar refractivity (Wildman–Crippen MR) is 100 cm³/mol. The number of fused-ring (bicyclic) bond motifs is 1. The van der Waals surface area contributed by atoms with Gasteiger partial charge in [-0.25, -0.2) is 4.79 Å². The highest BCUT2D eigenvalue weighted by atomic mass is 16.5. The van der Waals surface area contributed by atoms with Crippen molar-refractivity contribution in [2.24, 2.45) is 0 Å². The largest absolute Gasteiger partial charge is 0.497 e. The van der Waals surface area contributed by atoms with Crippen molar-refractivity contribution >= 4 is 11.7 Å². The number of benzene rings is 2. The van der Waals surface area contributed by atoms with Gasteiger partial charge >= 0.3 is 6.03 Å². The van der Waals surface area contributed by atoms with Crippen LogP contribution in [0.25, 0.3) is 11.1 Å². The molecular weight excluding hydrogens is 328 g/mol. The summed E-state index contributed by atoms with van der Waals surface area (Å²) in [4.78, 5) is 14.4. The van der Waals surface area contributed by atoms with Crippen molar-refractivity contribution in [1.29, 1.82) is 0 Å². The van der Waals surface area contributed by atoms with E-state index in [4.69, 9.17) is 4.74 Å². The molecule has 0 fully saturated rings. The van der Waals surface area contributed by atoms with Crippen LogP contribution < -0.4 is 10.1 Å². The molecule has 0 radical (unpaired) electrons. The fourth-order valence-corrected chi connectivity index (χ4v) is 3.17. The highest BCUT2D eigenvalue weighted by molar-refractivity contribution is 5.89. The van der Waals surface area contributed by atoms with Crippen LogP contribution in [-0.4, -0.2) is 34.4 Å². The second-order valence-electron chi connectivity index (χ2n) is 6.18. The first-order valence-corrected chi connectivity index (χ1v) is 8.54. The Labute approximate surface area is 152 Å². The van der Waals surface area contributed by atoms with E-state index < -0.39 is 0 Å². The second-order valence-corrected chi connectivity index (χ2v) is 6.18. The minimum Gasteiger partial charge on any atom is -0.497 e. The standard InChI is InChI=1S/C20H20N4O2/c1-26-17-9-5-6-15(12-17)18-13-21-24-11-10-23(14-19(18)24)20(25)22-16-7-3-2-4-8-16/h2-9,12-13H,10-11,14H2,1H3,(H,22,25). The molecule has 1 N–H and O–H groups in total. The summed E-state index contributed by atoms with van der Waals surface area (Å²) in [5.41, 5.74) is 3.90. The van der Waals surface area contributed by atoms with Crippen LogP contribution in [0.2, 0.25) is 0 Å². The zero-order valence-corrected chi connectivity index (χ0v) is 14.6. The molecule has 3 aromatic rings. The van der Waals surface area contributed by atoms with E-state index in [0.29, 0.717) is 19.6 Å². The Morgan fingerprint density at radius 2 is 1.96 bits per heavy atom. The van der Waals surface area contributed by atoms with Crippen molar-refractivity contribution in [3.63, 3.8) is 0 Å². The van der Waals surface area contributed by atoms with E-state index in [1.54, 1.807) is 7.11 Å². The van der Waals surface area contributed by atoms with E-state index in [9.17, 15) is 4.79 Å². The Morgan fingerprint density at radius 3 is 2.77 bits per heavy atom. The van der Waals surface area contributed by atoms with Crippen LogP contribution in [0.1, 0.15) is 5.69 Å². The molecule has 0 unspecified atom stereocenters. The molecule has 6 nitrogen and oxygen atoms in total. The number of carbonyl (C=O) groups is 1. The third-order valence-electron chi connectivity index (χ3n) is 4.56. The third-order valence-corrected chi connectivity index (χ3v) is 4.56. The maximum Gasteiger partial charge on any atom is 0.322 e. The van der Waals surface area contributed by atoms with Gasteiger partial charge in [-0.3, -0.25) is 4.68 Å². The molecule has 4 rings (SSSR count). The minimum absolute atomic E-state index is 0.0970. The summed E-state index contributed by atoms with van der Waals surface area (Å²) < 4.78 is 7.29. The molecule has 0 saturated heterocycles. The number of urea groups is 1. The van der Waals surface area contributed by atoms with E-state index in [-0.39, 0.29) is 6.03 Å². The monoisotopic (exact) mass is 348 g/mol. The van der Waals surface area contributed by atoms with Gasteiger partial charge in [0.25, 0.3) is 0 Å². The van der Waals surface area contributed by atoms with Crippen LogP contribution >= 0.6 is 0 Å². The minimum atomic E-state index is -0.0970. The van der Waals surface area contributed by atoms with Crippen molar-refractivity contribution < 1.29 is 9.53 Å². The first kappa shape index (κ1) is 16.2. The summed E-state index contributed by atoms with van der Waals surface area (Å²) in [5, 5.41) is 7.43. The summed E-state index contributed by atoms with van der Waals surface area (Å²) in [6.07, 6.45) is 1.86. The summed E-state index contributed by atoms with van der Waals surface area (Å²) in [6.45, 7) is 1.83. The van der Waals surface area contributed by atoms with Crippen LogP contribution in [0, 0.1) is 0 Å². The normalized spacial score (nSPS) is 13.2. The molecule has 0 atom stereocenters. The van der Waals surface area contributed by atoms with Gasteiger partial charge in [-0.1, -0.05) is 30.3 Å². The van der Waals surface area contributed by atoms with Crippen LogP contribution in [0.4, 0.5) is 10.5 Å². The number of hydrogen-bond acceptors (Lipinski definition) is 3. The van der Waals surface area contributed by atoms with Crippen molar-refractivity contribution in [3.8, 4) is 16.9 Å². The highest BCUT2D eigenvalue weighted by Gasteiger charge is 2.24. The number of carbonyl (C=O) groups excluding carboxylic acids is 1. The van der Waals surface area contributed by atoms with Gasteiger partial charge in [-0.2, -0.15) is 5.10 Å². The van der Waals surface area contributed by atoms with Gasteiger partial charge in [0.05, 0.1) is 32.1 Å². The van der Waals surface area contributed by atoms with E-state index >= 15 is 0 Å². The first-order valence-electron chi connectivity index (χ1n) is 8.54. The molecule has 2 heterocycles.